The van der Waals surface area contributed by atoms with Crippen LogP contribution in [-0.4, -0.2) is 37.0 Å². The Hall–Kier alpha value is -4.46. The zero-order chi connectivity index (χ0) is 25.0. The van der Waals surface area contributed by atoms with Gasteiger partial charge >= 0.3 is 11.9 Å². The molecule has 8 heteroatoms. The number of esters is 2. The van der Waals surface area contributed by atoms with Crippen molar-refractivity contribution in [3.63, 3.8) is 0 Å². The second-order valence-electron chi connectivity index (χ2n) is 7.56. The topological polar surface area (TPSA) is 111 Å². The summed E-state index contributed by atoms with van der Waals surface area (Å²) in [6, 6.07) is 21.2. The number of hydrogen-bond acceptors (Lipinski definition) is 6. The molecule has 0 radical (unpaired) electrons. The summed E-state index contributed by atoms with van der Waals surface area (Å²) in [6.45, 7) is 1.84. The van der Waals surface area contributed by atoms with Gasteiger partial charge in [0.1, 0.15) is 0 Å². The molecule has 0 aliphatic carbocycles. The highest BCUT2D eigenvalue weighted by atomic mass is 16.5. The average molecular weight is 475 g/mol. The molecule has 3 aromatic carbocycles. The van der Waals surface area contributed by atoms with Crippen molar-refractivity contribution in [3.8, 4) is 0 Å². The van der Waals surface area contributed by atoms with Gasteiger partial charge in [-0.1, -0.05) is 43.7 Å². The second-order valence-corrected chi connectivity index (χ2v) is 7.56. The lowest BCUT2D eigenvalue weighted by molar-refractivity contribution is -0.119. The number of anilines is 2. The molecular weight excluding hydrogens is 448 g/mol. The molecule has 0 unspecified atom stereocenters. The van der Waals surface area contributed by atoms with Gasteiger partial charge in [-0.05, 0) is 55.0 Å². The summed E-state index contributed by atoms with van der Waals surface area (Å²) in [4.78, 5) is 49.2. The molecule has 0 aromatic heterocycles. The van der Waals surface area contributed by atoms with E-state index in [1.54, 1.807) is 72.8 Å². The van der Waals surface area contributed by atoms with Gasteiger partial charge in [-0.2, -0.15) is 0 Å². The summed E-state index contributed by atoms with van der Waals surface area (Å²) in [6.07, 6.45) is 1.72. The Morgan fingerprint density at radius 1 is 0.714 bits per heavy atom. The summed E-state index contributed by atoms with van der Waals surface area (Å²) >= 11 is 0. The second kappa shape index (κ2) is 12.7. The van der Waals surface area contributed by atoms with Crippen molar-refractivity contribution < 1.29 is 28.7 Å². The maximum absolute atomic E-state index is 12.6. The first-order valence-corrected chi connectivity index (χ1v) is 11.2. The van der Waals surface area contributed by atoms with Crippen LogP contribution in [0.4, 0.5) is 11.4 Å². The van der Waals surface area contributed by atoms with Crippen molar-refractivity contribution >= 4 is 35.1 Å². The van der Waals surface area contributed by atoms with Gasteiger partial charge in [-0.15, -0.1) is 0 Å². The van der Waals surface area contributed by atoms with E-state index < -0.39 is 24.5 Å². The van der Waals surface area contributed by atoms with Crippen LogP contribution in [0.25, 0.3) is 0 Å². The number of nitrogens with one attached hydrogen (secondary N) is 2. The van der Waals surface area contributed by atoms with Crippen LogP contribution in [0.3, 0.4) is 0 Å². The maximum atomic E-state index is 12.6. The van der Waals surface area contributed by atoms with Gasteiger partial charge in [0, 0.05) is 11.3 Å². The molecule has 0 aliphatic heterocycles. The lowest BCUT2D eigenvalue weighted by Crippen LogP contribution is -2.22. The molecule has 0 fully saturated rings. The van der Waals surface area contributed by atoms with Crippen molar-refractivity contribution in [2.45, 2.75) is 19.8 Å². The molecule has 0 saturated heterocycles. The van der Waals surface area contributed by atoms with Crippen LogP contribution in [0.2, 0.25) is 0 Å². The van der Waals surface area contributed by atoms with Crippen molar-refractivity contribution in [2.24, 2.45) is 0 Å². The third-order valence-electron chi connectivity index (χ3n) is 4.90. The first-order valence-electron chi connectivity index (χ1n) is 11.2. The van der Waals surface area contributed by atoms with Gasteiger partial charge < -0.3 is 20.1 Å². The smallest absolute Gasteiger partial charge is 0.340 e. The fraction of sp³-hybridized carbons (Fsp3) is 0.185. The highest BCUT2D eigenvalue weighted by Gasteiger charge is 2.17. The summed E-state index contributed by atoms with van der Waals surface area (Å²) in [5.74, 6) is -2.11. The van der Waals surface area contributed by atoms with Crippen molar-refractivity contribution in [2.75, 3.05) is 23.8 Å². The van der Waals surface area contributed by atoms with Crippen LogP contribution in [-0.2, 0) is 14.3 Å². The first-order chi connectivity index (χ1) is 17.0. The minimum absolute atomic E-state index is 0.121. The first kappa shape index (κ1) is 25.2. The molecule has 8 nitrogen and oxygen atoms in total. The zero-order valence-electron chi connectivity index (χ0n) is 19.3. The van der Waals surface area contributed by atoms with E-state index in [1.807, 2.05) is 6.92 Å². The molecule has 35 heavy (non-hydrogen) atoms. The summed E-state index contributed by atoms with van der Waals surface area (Å²) in [5, 5.41) is 5.28. The Labute approximate surface area is 203 Å². The number of benzene rings is 3. The van der Waals surface area contributed by atoms with Crippen LogP contribution in [0.15, 0.2) is 78.9 Å². The van der Waals surface area contributed by atoms with Gasteiger partial charge in [-0.25, -0.2) is 9.59 Å². The highest BCUT2D eigenvalue weighted by Crippen LogP contribution is 2.18. The minimum atomic E-state index is -0.755. The molecule has 3 rings (SSSR count). The molecule has 2 amide bonds. The quantitative estimate of drug-likeness (QED) is 0.326. The van der Waals surface area contributed by atoms with Gasteiger partial charge in [-0.3, -0.25) is 9.59 Å². The predicted molar refractivity (Wildman–Crippen MR) is 131 cm³/mol. The number of rotatable bonds is 10. The predicted octanol–water partition coefficient (Wildman–Crippen LogP) is 4.69. The Kier molecular flexibility index (Phi) is 9.13. The molecule has 0 saturated carbocycles. The summed E-state index contributed by atoms with van der Waals surface area (Å²) in [5.41, 5.74) is 1.64. The maximum Gasteiger partial charge on any atom is 0.340 e. The molecule has 180 valence electrons. The third-order valence-corrected chi connectivity index (χ3v) is 4.90. The molecule has 0 atom stereocenters. The van der Waals surface area contributed by atoms with Gasteiger partial charge in [0.05, 0.1) is 23.4 Å². The van der Waals surface area contributed by atoms with Gasteiger partial charge in [0.2, 0.25) is 0 Å². The highest BCUT2D eigenvalue weighted by molar-refractivity contribution is 6.08. The number of carbonyl (C=O) groups is 4. The lowest BCUT2D eigenvalue weighted by Gasteiger charge is -2.11. The van der Waals surface area contributed by atoms with E-state index in [0.717, 1.165) is 12.8 Å². The van der Waals surface area contributed by atoms with Crippen LogP contribution >= 0.6 is 0 Å². The number of carbonyl (C=O) groups excluding carboxylic acids is 4. The molecular formula is C27H26N2O6. The molecule has 0 heterocycles. The van der Waals surface area contributed by atoms with Crippen LogP contribution in [0.5, 0.6) is 0 Å². The SMILES string of the molecule is CCCCOC(=O)c1ccc(NC(=O)COC(=O)c2ccccc2NC(=O)c2ccccc2)cc1. The van der Waals surface area contributed by atoms with E-state index >= 15 is 0 Å². The third kappa shape index (κ3) is 7.53. The molecule has 0 spiro atoms. The van der Waals surface area contributed by atoms with E-state index in [1.165, 1.54) is 6.07 Å². The standard InChI is InChI=1S/C27H26N2O6/c1-2-3-17-34-26(32)20-13-15-21(16-14-20)28-24(30)18-35-27(33)22-11-7-8-12-23(22)29-25(31)19-9-5-4-6-10-19/h4-16H,2-3,17-18H2,1H3,(H,28,30)(H,29,31). The Morgan fingerprint density at radius 3 is 2.11 bits per heavy atom. The van der Waals surface area contributed by atoms with E-state index in [-0.39, 0.29) is 17.2 Å². The number of ether oxygens (including phenoxy) is 2. The monoisotopic (exact) mass is 474 g/mol. The summed E-state index contributed by atoms with van der Waals surface area (Å²) in [7, 11) is 0. The van der Waals surface area contributed by atoms with E-state index in [0.29, 0.717) is 23.4 Å². The number of para-hydroxylation sites is 1. The van der Waals surface area contributed by atoms with Crippen LogP contribution in [0, 0.1) is 0 Å². The van der Waals surface area contributed by atoms with E-state index in [4.69, 9.17) is 9.47 Å². The van der Waals surface area contributed by atoms with Crippen molar-refractivity contribution in [3.05, 3.63) is 95.6 Å². The van der Waals surface area contributed by atoms with Crippen LogP contribution < -0.4 is 10.6 Å². The average Bonchev–Trinajstić information content (AvgIpc) is 2.88. The van der Waals surface area contributed by atoms with Gasteiger partial charge in [0.15, 0.2) is 6.61 Å². The molecule has 3 aromatic rings. The fourth-order valence-electron chi connectivity index (χ4n) is 3.04. The largest absolute Gasteiger partial charge is 0.462 e. The molecule has 0 aliphatic rings. The van der Waals surface area contributed by atoms with Gasteiger partial charge in [0.25, 0.3) is 11.8 Å². The zero-order valence-corrected chi connectivity index (χ0v) is 19.3. The Bertz CT molecular complexity index is 1180. The number of amides is 2. The van der Waals surface area contributed by atoms with E-state index in [2.05, 4.69) is 10.6 Å². The number of hydrogen-bond donors (Lipinski definition) is 2. The fourth-order valence-corrected chi connectivity index (χ4v) is 3.04. The van der Waals surface area contributed by atoms with E-state index in [9.17, 15) is 19.2 Å². The molecule has 2 N–H and O–H groups in total. The Balaban J connectivity index is 1.53. The van der Waals surface area contributed by atoms with Crippen molar-refractivity contribution in [1.29, 1.82) is 0 Å². The Morgan fingerprint density at radius 2 is 1.40 bits per heavy atom. The van der Waals surface area contributed by atoms with Crippen molar-refractivity contribution in [1.82, 2.24) is 0 Å². The van der Waals surface area contributed by atoms with Crippen LogP contribution in [0.1, 0.15) is 50.8 Å². The lowest BCUT2D eigenvalue weighted by atomic mass is 10.1. The summed E-state index contributed by atoms with van der Waals surface area (Å²) < 4.78 is 10.3. The normalized spacial score (nSPS) is 10.2. The molecule has 0 bridgehead atoms. The number of unbranched alkanes of at least 4 members (excludes halogenated alkanes) is 1. The minimum Gasteiger partial charge on any atom is -0.462 e.